The van der Waals surface area contributed by atoms with E-state index in [1.54, 1.807) is 6.07 Å². The van der Waals surface area contributed by atoms with Crippen LogP contribution >= 0.6 is 0 Å². The summed E-state index contributed by atoms with van der Waals surface area (Å²) in [6.07, 6.45) is 0. The number of hydrogen-bond donors (Lipinski definition) is 1. The second-order valence-electron chi connectivity index (χ2n) is 3.76. The Labute approximate surface area is 112 Å². The Morgan fingerprint density at radius 3 is 2.70 bits per heavy atom. The molecule has 0 amide bonds. The monoisotopic (exact) mass is 282 g/mol. The molecule has 1 heterocycles. The third-order valence-corrected chi connectivity index (χ3v) is 2.39. The van der Waals surface area contributed by atoms with Gasteiger partial charge in [0.15, 0.2) is 11.6 Å². The molecule has 4 nitrogen and oxygen atoms in total. The van der Waals surface area contributed by atoms with Crippen molar-refractivity contribution < 1.29 is 22.3 Å². The lowest BCUT2D eigenvalue weighted by Gasteiger charge is -2.08. The molecule has 0 radical (unpaired) electrons. The standard InChI is InChI=1S/C13H9F3N2O2/c14-11-5-8(1-4-12(11)20-13(15)16)18-7-10-3-2-9(6-17)19-10/h1-5,13,18H,7H2. The molecule has 2 aromatic rings. The second-order valence-corrected chi connectivity index (χ2v) is 3.76. The number of nitrogens with zero attached hydrogens (tertiary/aromatic N) is 1. The van der Waals surface area contributed by atoms with Crippen molar-refractivity contribution in [1.29, 1.82) is 5.26 Å². The number of anilines is 1. The molecule has 0 aliphatic heterocycles. The SMILES string of the molecule is N#Cc1ccc(CNc2ccc(OC(F)F)c(F)c2)o1. The van der Waals surface area contributed by atoms with Crippen LogP contribution in [0.4, 0.5) is 18.9 Å². The first-order valence-electron chi connectivity index (χ1n) is 5.55. The summed E-state index contributed by atoms with van der Waals surface area (Å²) in [6.45, 7) is -2.84. The van der Waals surface area contributed by atoms with Crippen LogP contribution in [0.5, 0.6) is 5.75 Å². The highest BCUT2D eigenvalue weighted by Gasteiger charge is 2.10. The normalized spacial score (nSPS) is 10.3. The molecule has 0 fully saturated rings. The van der Waals surface area contributed by atoms with Crippen LogP contribution in [-0.4, -0.2) is 6.61 Å². The second kappa shape index (κ2) is 6.02. The van der Waals surface area contributed by atoms with Crippen molar-refractivity contribution in [2.75, 3.05) is 5.32 Å². The lowest BCUT2D eigenvalue weighted by Crippen LogP contribution is -2.04. The van der Waals surface area contributed by atoms with Gasteiger partial charge in [0, 0.05) is 11.8 Å². The minimum absolute atomic E-state index is 0.175. The minimum Gasteiger partial charge on any atom is -0.449 e. The Bertz CT molecular complexity index is 635. The molecule has 0 unspecified atom stereocenters. The summed E-state index contributed by atoms with van der Waals surface area (Å²) in [5.41, 5.74) is 0.374. The van der Waals surface area contributed by atoms with E-state index in [2.05, 4.69) is 10.1 Å². The van der Waals surface area contributed by atoms with Crippen molar-refractivity contribution in [3.05, 3.63) is 47.7 Å². The highest BCUT2D eigenvalue weighted by molar-refractivity contribution is 5.47. The number of benzene rings is 1. The third kappa shape index (κ3) is 3.45. The Kier molecular flexibility index (Phi) is 4.15. The van der Waals surface area contributed by atoms with Crippen molar-refractivity contribution in [3.63, 3.8) is 0 Å². The maximum Gasteiger partial charge on any atom is 0.387 e. The topological polar surface area (TPSA) is 58.2 Å². The van der Waals surface area contributed by atoms with Crippen molar-refractivity contribution >= 4 is 5.69 Å². The fraction of sp³-hybridized carbons (Fsp3) is 0.154. The average Bonchev–Trinajstić information content (AvgIpc) is 2.87. The molecule has 2 rings (SSSR count). The number of alkyl halides is 2. The first-order valence-corrected chi connectivity index (χ1v) is 5.55. The van der Waals surface area contributed by atoms with E-state index in [0.717, 1.165) is 12.1 Å². The van der Waals surface area contributed by atoms with Gasteiger partial charge in [0.05, 0.1) is 6.54 Å². The predicted octanol–water partition coefficient (Wildman–Crippen LogP) is 3.50. The van der Waals surface area contributed by atoms with Crippen molar-refractivity contribution in [2.24, 2.45) is 0 Å². The quantitative estimate of drug-likeness (QED) is 0.911. The molecule has 104 valence electrons. The van der Waals surface area contributed by atoms with Gasteiger partial charge in [-0.1, -0.05) is 0 Å². The summed E-state index contributed by atoms with van der Waals surface area (Å²) >= 11 is 0. The maximum absolute atomic E-state index is 13.4. The van der Waals surface area contributed by atoms with E-state index in [4.69, 9.17) is 9.68 Å². The smallest absolute Gasteiger partial charge is 0.387 e. The molecule has 0 saturated carbocycles. The number of rotatable bonds is 5. The fourth-order valence-corrected chi connectivity index (χ4v) is 1.52. The summed E-state index contributed by atoms with van der Waals surface area (Å²) in [5.74, 6) is -0.744. The molecular weight excluding hydrogens is 273 g/mol. The summed E-state index contributed by atoms with van der Waals surface area (Å²) < 4.78 is 46.5. The van der Waals surface area contributed by atoms with Gasteiger partial charge in [-0.25, -0.2) is 4.39 Å². The van der Waals surface area contributed by atoms with Crippen LogP contribution < -0.4 is 10.1 Å². The Hall–Kier alpha value is -2.62. The Morgan fingerprint density at radius 1 is 1.30 bits per heavy atom. The number of furan rings is 1. The van der Waals surface area contributed by atoms with Crippen LogP contribution in [0.25, 0.3) is 0 Å². The highest BCUT2D eigenvalue weighted by atomic mass is 19.3. The Morgan fingerprint density at radius 2 is 2.10 bits per heavy atom. The zero-order valence-corrected chi connectivity index (χ0v) is 10.1. The van der Waals surface area contributed by atoms with Crippen LogP contribution in [-0.2, 0) is 6.54 Å². The van der Waals surface area contributed by atoms with Gasteiger partial charge < -0.3 is 14.5 Å². The maximum atomic E-state index is 13.4. The lowest BCUT2D eigenvalue weighted by atomic mass is 10.3. The fourth-order valence-electron chi connectivity index (χ4n) is 1.52. The first kappa shape index (κ1) is 13.8. The summed E-state index contributed by atoms with van der Waals surface area (Å²) in [7, 11) is 0. The molecule has 1 aromatic carbocycles. The van der Waals surface area contributed by atoms with Gasteiger partial charge >= 0.3 is 6.61 Å². The molecule has 0 spiro atoms. The molecule has 0 saturated heterocycles. The highest BCUT2D eigenvalue weighted by Crippen LogP contribution is 2.23. The van der Waals surface area contributed by atoms with E-state index >= 15 is 0 Å². The van der Waals surface area contributed by atoms with Gasteiger partial charge in [0.25, 0.3) is 0 Å². The van der Waals surface area contributed by atoms with Gasteiger partial charge in [0.1, 0.15) is 11.8 Å². The molecular formula is C13H9F3N2O2. The number of hydrogen-bond acceptors (Lipinski definition) is 4. The molecule has 0 aliphatic carbocycles. The van der Waals surface area contributed by atoms with Crippen molar-refractivity contribution in [3.8, 4) is 11.8 Å². The predicted molar refractivity (Wildman–Crippen MR) is 63.8 cm³/mol. The molecule has 7 heteroatoms. The summed E-state index contributed by atoms with van der Waals surface area (Å²) in [4.78, 5) is 0. The van der Waals surface area contributed by atoms with E-state index in [-0.39, 0.29) is 12.3 Å². The van der Waals surface area contributed by atoms with Crippen molar-refractivity contribution in [2.45, 2.75) is 13.2 Å². The van der Waals surface area contributed by atoms with Gasteiger partial charge in [-0.2, -0.15) is 14.0 Å². The van der Waals surface area contributed by atoms with Crippen LogP contribution in [0.15, 0.2) is 34.7 Å². The van der Waals surface area contributed by atoms with Gasteiger partial charge in [-0.15, -0.1) is 0 Å². The molecule has 20 heavy (non-hydrogen) atoms. The van der Waals surface area contributed by atoms with E-state index in [1.165, 1.54) is 12.1 Å². The molecule has 0 atom stereocenters. The van der Waals surface area contributed by atoms with Gasteiger partial charge in [-0.3, -0.25) is 0 Å². The molecule has 1 aromatic heterocycles. The van der Waals surface area contributed by atoms with Crippen LogP contribution in [0.1, 0.15) is 11.5 Å². The minimum atomic E-state index is -3.07. The molecule has 1 N–H and O–H groups in total. The lowest BCUT2D eigenvalue weighted by molar-refractivity contribution is -0.0521. The van der Waals surface area contributed by atoms with Crippen molar-refractivity contribution in [1.82, 2.24) is 0 Å². The number of ether oxygens (including phenoxy) is 1. The van der Waals surface area contributed by atoms with Gasteiger partial charge in [-0.05, 0) is 24.3 Å². The first-order chi connectivity index (χ1) is 9.58. The van der Waals surface area contributed by atoms with E-state index in [1.807, 2.05) is 6.07 Å². The number of halogens is 3. The Balaban J connectivity index is 2.00. The zero-order valence-electron chi connectivity index (χ0n) is 10.1. The summed E-state index contributed by atoms with van der Waals surface area (Å²) in [5, 5.41) is 11.4. The number of nitriles is 1. The molecule has 0 bridgehead atoms. The zero-order chi connectivity index (χ0) is 14.5. The average molecular weight is 282 g/mol. The van der Waals surface area contributed by atoms with E-state index in [0.29, 0.717) is 11.4 Å². The van der Waals surface area contributed by atoms with E-state index < -0.39 is 18.2 Å². The van der Waals surface area contributed by atoms with Gasteiger partial charge in [0.2, 0.25) is 5.76 Å². The summed E-state index contributed by atoms with van der Waals surface area (Å²) in [6, 6.07) is 8.49. The number of nitrogens with one attached hydrogen (secondary N) is 1. The largest absolute Gasteiger partial charge is 0.449 e. The van der Waals surface area contributed by atoms with Crippen LogP contribution in [0.2, 0.25) is 0 Å². The van der Waals surface area contributed by atoms with E-state index in [9.17, 15) is 13.2 Å². The van der Waals surface area contributed by atoms with Crippen LogP contribution in [0, 0.1) is 17.1 Å². The molecule has 0 aliphatic rings. The third-order valence-electron chi connectivity index (χ3n) is 2.39. The van der Waals surface area contributed by atoms with Crippen LogP contribution in [0.3, 0.4) is 0 Å².